The van der Waals surface area contributed by atoms with Gasteiger partial charge in [0.25, 0.3) is 0 Å². The molecule has 3 N–H and O–H groups in total. The number of hydrogen-bond donors (Lipinski definition) is 2. The number of rotatable bonds is 6. The van der Waals surface area contributed by atoms with Gasteiger partial charge < -0.3 is 10.8 Å². The third-order valence-corrected chi connectivity index (χ3v) is 3.54. The van der Waals surface area contributed by atoms with Gasteiger partial charge in [0.05, 0.1) is 22.0 Å². The van der Waals surface area contributed by atoms with Crippen LogP contribution in [0.15, 0.2) is 4.47 Å². The zero-order chi connectivity index (χ0) is 12.1. The van der Waals surface area contributed by atoms with Crippen molar-refractivity contribution in [3.05, 3.63) is 15.9 Å². The zero-order valence-electron chi connectivity index (χ0n) is 9.91. The average molecular weight is 290 g/mol. The molecule has 1 heterocycles. The second-order valence-electron chi connectivity index (χ2n) is 3.81. The first-order valence-corrected chi connectivity index (χ1v) is 6.55. The first-order chi connectivity index (χ1) is 7.63. The molecule has 0 aliphatic rings. The maximum Gasteiger partial charge on any atom is 0.0766 e. The van der Waals surface area contributed by atoms with Gasteiger partial charge in [-0.2, -0.15) is 5.10 Å². The molecule has 0 bridgehead atoms. The summed E-state index contributed by atoms with van der Waals surface area (Å²) in [5, 5.41) is 14.3. The number of hydrogen-bond acceptors (Lipinski definition) is 3. The molecule has 1 aromatic heterocycles. The quantitative estimate of drug-likeness (QED) is 0.834. The van der Waals surface area contributed by atoms with E-state index in [1.54, 1.807) is 0 Å². The Morgan fingerprint density at radius 2 is 2.19 bits per heavy atom. The van der Waals surface area contributed by atoms with E-state index < -0.39 is 0 Å². The highest BCUT2D eigenvalue weighted by atomic mass is 79.9. The maximum atomic E-state index is 9.79. The highest BCUT2D eigenvalue weighted by Crippen LogP contribution is 2.23. The fourth-order valence-corrected chi connectivity index (χ4v) is 2.46. The standard InChI is InChI=1S/C11H20BrN3O/c1-3-9-11(12)10(15(4-2)14-9)7-8(16)5-6-13/h8,16H,3-7,13H2,1-2H3. The highest BCUT2D eigenvalue weighted by molar-refractivity contribution is 9.10. The lowest BCUT2D eigenvalue weighted by Gasteiger charge is -2.10. The SMILES string of the molecule is CCc1nn(CC)c(CC(O)CCN)c1Br. The Bertz CT molecular complexity index is 338. The third-order valence-electron chi connectivity index (χ3n) is 2.62. The molecule has 0 aliphatic heterocycles. The van der Waals surface area contributed by atoms with Gasteiger partial charge in [-0.15, -0.1) is 0 Å². The van der Waals surface area contributed by atoms with Crippen LogP contribution in [0.25, 0.3) is 0 Å². The molecular formula is C11H20BrN3O. The Kier molecular flexibility index (Phi) is 5.44. The van der Waals surface area contributed by atoms with Crippen LogP contribution in [-0.4, -0.2) is 27.5 Å². The Morgan fingerprint density at radius 1 is 1.50 bits per heavy atom. The van der Waals surface area contributed by atoms with Gasteiger partial charge >= 0.3 is 0 Å². The number of aliphatic hydroxyl groups is 1. The van der Waals surface area contributed by atoms with E-state index in [1.807, 2.05) is 4.68 Å². The van der Waals surface area contributed by atoms with E-state index in [1.165, 1.54) is 0 Å². The highest BCUT2D eigenvalue weighted by Gasteiger charge is 2.16. The molecule has 0 radical (unpaired) electrons. The number of aliphatic hydroxyl groups excluding tert-OH is 1. The van der Waals surface area contributed by atoms with E-state index in [9.17, 15) is 5.11 Å². The van der Waals surface area contributed by atoms with E-state index in [0.717, 1.165) is 28.8 Å². The van der Waals surface area contributed by atoms with Crippen LogP contribution in [0.4, 0.5) is 0 Å². The van der Waals surface area contributed by atoms with Crippen LogP contribution in [-0.2, 0) is 19.4 Å². The second kappa shape index (κ2) is 6.37. The van der Waals surface area contributed by atoms with Gasteiger partial charge in [0, 0.05) is 13.0 Å². The first kappa shape index (κ1) is 13.7. The first-order valence-electron chi connectivity index (χ1n) is 5.76. The second-order valence-corrected chi connectivity index (χ2v) is 4.60. The normalized spacial score (nSPS) is 13.1. The maximum absolute atomic E-state index is 9.79. The summed E-state index contributed by atoms with van der Waals surface area (Å²) in [5.74, 6) is 0. The van der Waals surface area contributed by atoms with Crippen molar-refractivity contribution in [2.75, 3.05) is 6.54 Å². The smallest absolute Gasteiger partial charge is 0.0766 e. The molecule has 1 atom stereocenters. The zero-order valence-corrected chi connectivity index (χ0v) is 11.5. The third kappa shape index (κ3) is 3.06. The molecule has 92 valence electrons. The number of nitrogens with zero attached hydrogens (tertiary/aromatic N) is 2. The lowest BCUT2D eigenvalue weighted by molar-refractivity contribution is 0.164. The summed E-state index contributed by atoms with van der Waals surface area (Å²) in [6, 6.07) is 0. The van der Waals surface area contributed by atoms with Gasteiger partial charge in [0.15, 0.2) is 0 Å². The van der Waals surface area contributed by atoms with Crippen LogP contribution in [0.5, 0.6) is 0 Å². The molecule has 0 spiro atoms. The molecule has 5 heteroatoms. The summed E-state index contributed by atoms with van der Waals surface area (Å²) in [7, 11) is 0. The molecule has 1 aromatic rings. The summed E-state index contributed by atoms with van der Waals surface area (Å²) >= 11 is 3.56. The molecule has 0 saturated heterocycles. The Balaban J connectivity index is 2.88. The van der Waals surface area contributed by atoms with Gasteiger partial charge in [-0.3, -0.25) is 4.68 Å². The van der Waals surface area contributed by atoms with E-state index in [4.69, 9.17) is 5.73 Å². The van der Waals surface area contributed by atoms with Crippen LogP contribution >= 0.6 is 15.9 Å². The number of aryl methyl sites for hydroxylation is 2. The van der Waals surface area contributed by atoms with E-state index >= 15 is 0 Å². The monoisotopic (exact) mass is 289 g/mol. The molecule has 16 heavy (non-hydrogen) atoms. The summed E-state index contributed by atoms with van der Waals surface area (Å²) in [4.78, 5) is 0. The van der Waals surface area contributed by atoms with E-state index in [2.05, 4.69) is 34.9 Å². The van der Waals surface area contributed by atoms with Gasteiger partial charge in [-0.25, -0.2) is 0 Å². The minimum atomic E-state index is -0.381. The summed E-state index contributed by atoms with van der Waals surface area (Å²) < 4.78 is 2.98. The Morgan fingerprint density at radius 3 is 2.69 bits per heavy atom. The van der Waals surface area contributed by atoms with Crippen LogP contribution in [0.2, 0.25) is 0 Å². The molecule has 1 rings (SSSR count). The fourth-order valence-electron chi connectivity index (χ4n) is 1.73. The lowest BCUT2D eigenvalue weighted by atomic mass is 10.1. The number of nitrogens with two attached hydrogens (primary N) is 1. The molecule has 0 amide bonds. The van der Waals surface area contributed by atoms with Crippen molar-refractivity contribution in [3.8, 4) is 0 Å². The molecular weight excluding hydrogens is 270 g/mol. The Labute approximate surface area is 105 Å². The van der Waals surface area contributed by atoms with Crippen molar-refractivity contribution in [2.24, 2.45) is 5.73 Å². The van der Waals surface area contributed by atoms with Gasteiger partial charge in [0.2, 0.25) is 0 Å². The molecule has 0 aliphatic carbocycles. The predicted octanol–water partition coefficient (Wildman–Crippen LogP) is 1.48. The molecule has 0 fully saturated rings. The van der Waals surface area contributed by atoms with Crippen LogP contribution in [0.3, 0.4) is 0 Å². The van der Waals surface area contributed by atoms with Crippen molar-refractivity contribution >= 4 is 15.9 Å². The van der Waals surface area contributed by atoms with Crippen molar-refractivity contribution < 1.29 is 5.11 Å². The summed E-state index contributed by atoms with van der Waals surface area (Å²) in [5.41, 5.74) is 7.55. The van der Waals surface area contributed by atoms with Crippen LogP contribution < -0.4 is 5.73 Å². The fraction of sp³-hybridized carbons (Fsp3) is 0.727. The van der Waals surface area contributed by atoms with Gasteiger partial charge in [-0.1, -0.05) is 6.92 Å². The number of aromatic nitrogens is 2. The molecule has 4 nitrogen and oxygen atoms in total. The largest absolute Gasteiger partial charge is 0.393 e. The molecule has 1 unspecified atom stereocenters. The Hall–Kier alpha value is -0.390. The molecule has 0 aromatic carbocycles. The van der Waals surface area contributed by atoms with Crippen LogP contribution in [0.1, 0.15) is 31.7 Å². The van der Waals surface area contributed by atoms with Gasteiger partial charge in [0.1, 0.15) is 0 Å². The minimum absolute atomic E-state index is 0.381. The predicted molar refractivity (Wildman–Crippen MR) is 68.4 cm³/mol. The lowest BCUT2D eigenvalue weighted by Crippen LogP contribution is -2.18. The minimum Gasteiger partial charge on any atom is -0.393 e. The van der Waals surface area contributed by atoms with E-state index in [0.29, 0.717) is 19.4 Å². The summed E-state index contributed by atoms with van der Waals surface area (Å²) in [6.07, 6.45) is 1.75. The van der Waals surface area contributed by atoms with Gasteiger partial charge in [-0.05, 0) is 42.2 Å². The van der Waals surface area contributed by atoms with Crippen molar-refractivity contribution in [2.45, 2.75) is 45.8 Å². The average Bonchev–Trinajstić information content (AvgIpc) is 2.56. The van der Waals surface area contributed by atoms with E-state index in [-0.39, 0.29) is 6.10 Å². The van der Waals surface area contributed by atoms with Crippen molar-refractivity contribution in [1.82, 2.24) is 9.78 Å². The van der Waals surface area contributed by atoms with Crippen molar-refractivity contribution in [1.29, 1.82) is 0 Å². The topological polar surface area (TPSA) is 64.1 Å². The van der Waals surface area contributed by atoms with Crippen LogP contribution in [0, 0.1) is 0 Å². The molecule has 0 saturated carbocycles. The number of halogens is 1. The van der Waals surface area contributed by atoms with Crippen molar-refractivity contribution in [3.63, 3.8) is 0 Å². The summed E-state index contributed by atoms with van der Waals surface area (Å²) in [6.45, 7) is 5.47.